The molecule has 10 nitrogen and oxygen atoms in total. The number of halogens is 1. The Kier molecular flexibility index (Phi) is 8.35. The minimum absolute atomic E-state index is 0.0733. The molecule has 0 saturated carbocycles. The van der Waals surface area contributed by atoms with E-state index in [4.69, 9.17) is 13.9 Å². The average molecular weight is 588 g/mol. The fraction of sp³-hybridized carbons (Fsp3) is 0.448. The molecule has 0 unspecified atom stereocenters. The summed E-state index contributed by atoms with van der Waals surface area (Å²) < 4.78 is 58.7. The van der Waals surface area contributed by atoms with Gasteiger partial charge in [0, 0.05) is 36.0 Å². The zero-order valence-corrected chi connectivity index (χ0v) is 24.1. The topological polar surface area (TPSA) is 127 Å². The second kappa shape index (κ2) is 11.8. The van der Waals surface area contributed by atoms with Gasteiger partial charge in [0.2, 0.25) is 10.0 Å². The van der Waals surface area contributed by atoms with Gasteiger partial charge in [0.1, 0.15) is 29.9 Å². The molecule has 5 rings (SSSR count). The molecule has 3 heterocycles. The standard InChI is InChI=1S/C29H34FN3O7S/c1-17-22-13-23-25(40-28(27(23)29(35)31-2)19-4-6-20(30)7-5-19)14-24(22)33(41(3,36)37)15-21(39-17)16-38-26(34)12-18-8-10-32-11-9-18/h4-7,13-14,17-18,21,32H,8-12,15-16H2,1-3H3,(H,31,35)/t17-,21-/m0/s1. The molecule has 2 aliphatic heterocycles. The normalized spacial score (nSPS) is 20.0. The summed E-state index contributed by atoms with van der Waals surface area (Å²) in [5.41, 5.74) is 1.89. The number of benzene rings is 2. The highest BCUT2D eigenvalue weighted by Crippen LogP contribution is 2.42. The van der Waals surface area contributed by atoms with Crippen LogP contribution in [0.5, 0.6) is 0 Å². The molecule has 2 aromatic carbocycles. The van der Waals surface area contributed by atoms with Crippen LogP contribution in [0.15, 0.2) is 40.8 Å². The number of nitrogens with zero attached hydrogens (tertiary/aromatic N) is 1. The quantitative estimate of drug-likeness (QED) is 0.400. The number of ether oxygens (including phenoxy) is 2. The van der Waals surface area contributed by atoms with E-state index in [1.807, 2.05) is 0 Å². The Morgan fingerprint density at radius 3 is 2.54 bits per heavy atom. The fourth-order valence-electron chi connectivity index (χ4n) is 5.51. The summed E-state index contributed by atoms with van der Waals surface area (Å²) in [4.78, 5) is 25.5. The van der Waals surface area contributed by atoms with Gasteiger partial charge in [-0.2, -0.15) is 0 Å². The Morgan fingerprint density at radius 2 is 1.88 bits per heavy atom. The van der Waals surface area contributed by atoms with Gasteiger partial charge >= 0.3 is 5.97 Å². The number of furan rings is 1. The number of carbonyl (C=O) groups excluding carboxylic acids is 2. The summed E-state index contributed by atoms with van der Waals surface area (Å²) in [6, 6.07) is 8.83. The van der Waals surface area contributed by atoms with E-state index >= 15 is 0 Å². The molecule has 0 spiro atoms. The average Bonchev–Trinajstić information content (AvgIpc) is 3.24. The van der Waals surface area contributed by atoms with Gasteiger partial charge in [-0.15, -0.1) is 0 Å². The third-order valence-corrected chi connectivity index (χ3v) is 8.76. The summed E-state index contributed by atoms with van der Waals surface area (Å²) >= 11 is 0. The molecule has 220 valence electrons. The van der Waals surface area contributed by atoms with Gasteiger partial charge in [-0.3, -0.25) is 13.9 Å². The highest BCUT2D eigenvalue weighted by Gasteiger charge is 2.34. The Morgan fingerprint density at radius 1 is 1.17 bits per heavy atom. The number of esters is 1. The highest BCUT2D eigenvalue weighted by atomic mass is 32.2. The van der Waals surface area contributed by atoms with Gasteiger partial charge in [-0.05, 0) is 69.1 Å². The minimum atomic E-state index is -3.79. The number of piperidine rings is 1. The molecule has 0 radical (unpaired) electrons. The van der Waals surface area contributed by atoms with E-state index < -0.39 is 34.0 Å². The van der Waals surface area contributed by atoms with E-state index in [0.717, 1.165) is 32.2 Å². The summed E-state index contributed by atoms with van der Waals surface area (Å²) in [6.45, 7) is 3.36. The lowest BCUT2D eigenvalue weighted by Crippen LogP contribution is -2.39. The number of nitrogens with one attached hydrogen (secondary N) is 2. The van der Waals surface area contributed by atoms with Crippen LogP contribution in [0.3, 0.4) is 0 Å². The molecule has 0 bridgehead atoms. The molecule has 3 aromatic rings. The third-order valence-electron chi connectivity index (χ3n) is 7.62. The van der Waals surface area contributed by atoms with Gasteiger partial charge in [0.25, 0.3) is 5.91 Å². The molecule has 2 atom stereocenters. The van der Waals surface area contributed by atoms with E-state index in [0.29, 0.717) is 28.6 Å². The zero-order valence-electron chi connectivity index (χ0n) is 23.2. The van der Waals surface area contributed by atoms with Gasteiger partial charge in [0.05, 0.1) is 30.2 Å². The molecule has 0 aliphatic carbocycles. The minimum Gasteiger partial charge on any atom is -0.463 e. The molecule has 1 saturated heterocycles. The van der Waals surface area contributed by atoms with Crippen LogP contribution in [-0.2, 0) is 24.3 Å². The molecule has 1 aromatic heterocycles. The third kappa shape index (κ3) is 6.24. The number of fused-ring (bicyclic) bond motifs is 2. The predicted molar refractivity (Wildman–Crippen MR) is 152 cm³/mol. The fourth-order valence-corrected chi connectivity index (χ4v) is 6.46. The van der Waals surface area contributed by atoms with Gasteiger partial charge in [-0.25, -0.2) is 12.8 Å². The maximum absolute atomic E-state index is 13.6. The molecule has 1 fully saturated rings. The van der Waals surface area contributed by atoms with Crippen molar-refractivity contribution in [3.8, 4) is 11.3 Å². The summed E-state index contributed by atoms with van der Waals surface area (Å²) in [7, 11) is -2.29. The van der Waals surface area contributed by atoms with Crippen LogP contribution >= 0.6 is 0 Å². The Bertz CT molecular complexity index is 1550. The molecular formula is C29H34FN3O7S. The smallest absolute Gasteiger partial charge is 0.306 e. The van der Waals surface area contributed by atoms with E-state index in [2.05, 4.69) is 10.6 Å². The Balaban J connectivity index is 1.48. The van der Waals surface area contributed by atoms with Crippen LogP contribution in [0.1, 0.15) is 48.2 Å². The first-order valence-corrected chi connectivity index (χ1v) is 15.5. The lowest BCUT2D eigenvalue weighted by molar-refractivity contribution is -0.150. The molecule has 1 amide bonds. The molecule has 41 heavy (non-hydrogen) atoms. The monoisotopic (exact) mass is 587 g/mol. The summed E-state index contributed by atoms with van der Waals surface area (Å²) in [6.07, 6.45) is 1.91. The van der Waals surface area contributed by atoms with E-state index in [1.54, 1.807) is 19.1 Å². The van der Waals surface area contributed by atoms with Crippen molar-refractivity contribution in [3.05, 3.63) is 53.3 Å². The van der Waals surface area contributed by atoms with Crippen molar-refractivity contribution in [1.82, 2.24) is 10.6 Å². The lowest BCUT2D eigenvalue weighted by atomic mass is 9.95. The number of sulfonamides is 1. The van der Waals surface area contributed by atoms with Crippen molar-refractivity contribution < 1.29 is 36.3 Å². The van der Waals surface area contributed by atoms with Crippen LogP contribution in [0, 0.1) is 11.7 Å². The summed E-state index contributed by atoms with van der Waals surface area (Å²) in [5.74, 6) is -0.679. The second-order valence-electron chi connectivity index (χ2n) is 10.6. The van der Waals surface area contributed by atoms with E-state index in [1.165, 1.54) is 35.6 Å². The first kappa shape index (κ1) is 29.0. The van der Waals surface area contributed by atoms with Crippen molar-refractivity contribution in [2.24, 2.45) is 5.92 Å². The maximum atomic E-state index is 13.6. The summed E-state index contributed by atoms with van der Waals surface area (Å²) in [5, 5.41) is 6.35. The first-order valence-electron chi connectivity index (χ1n) is 13.6. The van der Waals surface area contributed by atoms with Crippen LogP contribution in [0.25, 0.3) is 22.3 Å². The van der Waals surface area contributed by atoms with Crippen molar-refractivity contribution >= 4 is 38.6 Å². The SMILES string of the molecule is CNC(=O)c1c(-c2ccc(F)cc2)oc2cc3c(cc12)[C@H](C)O[C@H](COC(=O)CC1CCNCC1)CN3S(C)(=O)=O. The van der Waals surface area contributed by atoms with Crippen molar-refractivity contribution in [2.45, 2.75) is 38.4 Å². The molecule has 2 aliphatic rings. The van der Waals surface area contributed by atoms with E-state index in [9.17, 15) is 22.4 Å². The molecule has 2 N–H and O–H groups in total. The van der Waals surface area contributed by atoms with Crippen molar-refractivity contribution in [1.29, 1.82) is 0 Å². The van der Waals surface area contributed by atoms with Gasteiger partial charge in [0.15, 0.2) is 0 Å². The zero-order chi connectivity index (χ0) is 29.3. The molecule has 12 heteroatoms. The van der Waals surface area contributed by atoms with Crippen LogP contribution in [0.4, 0.5) is 10.1 Å². The molecular weight excluding hydrogens is 553 g/mol. The highest BCUT2D eigenvalue weighted by molar-refractivity contribution is 7.92. The second-order valence-corrected chi connectivity index (χ2v) is 12.5. The number of anilines is 1. The number of hydrogen-bond donors (Lipinski definition) is 2. The maximum Gasteiger partial charge on any atom is 0.306 e. The van der Waals surface area contributed by atoms with Crippen LogP contribution < -0.4 is 14.9 Å². The largest absolute Gasteiger partial charge is 0.463 e. The van der Waals surface area contributed by atoms with Crippen molar-refractivity contribution in [2.75, 3.05) is 43.8 Å². The van der Waals surface area contributed by atoms with E-state index in [-0.39, 0.29) is 41.9 Å². The lowest BCUT2D eigenvalue weighted by Gasteiger charge is -2.25. The first-order chi connectivity index (χ1) is 19.5. The van der Waals surface area contributed by atoms with Crippen molar-refractivity contribution in [3.63, 3.8) is 0 Å². The number of carbonyl (C=O) groups is 2. The Labute approximate surface area is 238 Å². The van der Waals surface area contributed by atoms with Gasteiger partial charge in [-0.1, -0.05) is 0 Å². The number of amides is 1. The number of rotatable bonds is 7. The van der Waals surface area contributed by atoms with Gasteiger partial charge < -0.3 is 24.5 Å². The number of hydrogen-bond acceptors (Lipinski definition) is 8. The van der Waals surface area contributed by atoms with Crippen LogP contribution in [0.2, 0.25) is 0 Å². The Hall–Kier alpha value is -3.48. The van der Waals surface area contributed by atoms with Crippen LogP contribution in [-0.4, -0.2) is 65.9 Å². The predicted octanol–water partition coefficient (Wildman–Crippen LogP) is 3.76.